The summed E-state index contributed by atoms with van der Waals surface area (Å²) in [7, 11) is 7.83. The van der Waals surface area contributed by atoms with Crippen LogP contribution in [0.3, 0.4) is 0 Å². The Labute approximate surface area is 101 Å². The van der Waals surface area contributed by atoms with Crippen molar-refractivity contribution in [2.45, 2.75) is 6.29 Å². The summed E-state index contributed by atoms with van der Waals surface area (Å²) in [6.45, 7) is 0. The molecule has 17 heavy (non-hydrogen) atoms. The van der Waals surface area contributed by atoms with Gasteiger partial charge in [-0.3, -0.25) is 0 Å². The molecule has 0 saturated carbocycles. The van der Waals surface area contributed by atoms with Gasteiger partial charge in [-0.15, -0.1) is 0 Å². The van der Waals surface area contributed by atoms with E-state index in [-0.39, 0.29) is 0 Å². The number of hydrogen-bond acceptors (Lipinski definition) is 5. The third kappa shape index (κ3) is 2.81. The van der Waals surface area contributed by atoms with Gasteiger partial charge in [0.05, 0.1) is 26.9 Å². The van der Waals surface area contributed by atoms with E-state index < -0.39 is 6.29 Å². The van der Waals surface area contributed by atoms with Gasteiger partial charge in [-0.1, -0.05) is 0 Å². The maximum Gasteiger partial charge on any atom is 0.190 e. The Morgan fingerprint density at radius 1 is 0.765 bits per heavy atom. The Morgan fingerprint density at radius 3 is 1.53 bits per heavy atom. The fourth-order valence-corrected chi connectivity index (χ4v) is 1.60. The average Bonchev–Trinajstić information content (AvgIpc) is 2.39. The van der Waals surface area contributed by atoms with Gasteiger partial charge in [0.15, 0.2) is 6.29 Å². The monoisotopic (exact) mass is 242 g/mol. The van der Waals surface area contributed by atoms with Crippen molar-refractivity contribution in [3.05, 3.63) is 17.7 Å². The summed E-state index contributed by atoms with van der Waals surface area (Å²) in [5.41, 5.74) is 0.695. The average molecular weight is 242 g/mol. The number of hydrogen-bond donors (Lipinski definition) is 0. The highest BCUT2D eigenvalue weighted by Crippen LogP contribution is 2.39. The maximum absolute atomic E-state index is 5.29. The quantitative estimate of drug-likeness (QED) is 0.714. The fraction of sp³-hybridized carbons (Fsp3) is 0.500. The first-order chi connectivity index (χ1) is 8.21. The molecule has 0 amide bonds. The summed E-state index contributed by atoms with van der Waals surface area (Å²) in [6.07, 6.45) is -0.550. The SMILES string of the molecule is COc1cc(OC)c(C(OC)OC)c(OC)c1. The lowest BCUT2D eigenvalue weighted by atomic mass is 10.1. The van der Waals surface area contributed by atoms with Crippen LogP contribution < -0.4 is 14.2 Å². The lowest BCUT2D eigenvalue weighted by Crippen LogP contribution is -2.08. The van der Waals surface area contributed by atoms with Crippen molar-refractivity contribution in [1.82, 2.24) is 0 Å². The third-order valence-electron chi connectivity index (χ3n) is 2.42. The molecule has 0 aliphatic carbocycles. The van der Waals surface area contributed by atoms with Crippen LogP contribution in [0.4, 0.5) is 0 Å². The lowest BCUT2D eigenvalue weighted by Gasteiger charge is -2.20. The van der Waals surface area contributed by atoms with Crippen molar-refractivity contribution in [3.8, 4) is 17.2 Å². The zero-order chi connectivity index (χ0) is 12.8. The normalized spacial score (nSPS) is 10.5. The van der Waals surface area contributed by atoms with Crippen molar-refractivity contribution < 1.29 is 23.7 Å². The molecule has 0 aliphatic heterocycles. The molecular weight excluding hydrogens is 224 g/mol. The Balaban J connectivity index is 3.33. The van der Waals surface area contributed by atoms with Gasteiger partial charge in [0.1, 0.15) is 17.2 Å². The summed E-state index contributed by atoms with van der Waals surface area (Å²) in [6, 6.07) is 3.51. The molecule has 0 fully saturated rings. The summed E-state index contributed by atoms with van der Waals surface area (Å²) in [5, 5.41) is 0. The molecule has 1 aromatic rings. The predicted octanol–water partition coefficient (Wildman–Crippen LogP) is 2.00. The number of rotatable bonds is 6. The Hall–Kier alpha value is -1.46. The van der Waals surface area contributed by atoms with Crippen LogP contribution in [0.25, 0.3) is 0 Å². The van der Waals surface area contributed by atoms with Crippen molar-refractivity contribution in [3.63, 3.8) is 0 Å². The second-order valence-corrected chi connectivity index (χ2v) is 3.25. The molecule has 0 atom stereocenters. The van der Waals surface area contributed by atoms with Gasteiger partial charge in [0, 0.05) is 26.4 Å². The zero-order valence-electron chi connectivity index (χ0n) is 10.8. The highest BCUT2D eigenvalue weighted by atomic mass is 16.7. The van der Waals surface area contributed by atoms with Gasteiger partial charge in [-0.05, 0) is 0 Å². The largest absolute Gasteiger partial charge is 0.496 e. The van der Waals surface area contributed by atoms with Crippen molar-refractivity contribution in [2.75, 3.05) is 35.5 Å². The van der Waals surface area contributed by atoms with Crippen molar-refractivity contribution in [1.29, 1.82) is 0 Å². The summed E-state index contributed by atoms with van der Waals surface area (Å²) >= 11 is 0. The molecule has 0 radical (unpaired) electrons. The number of ether oxygens (including phenoxy) is 5. The minimum absolute atomic E-state index is 0.550. The molecule has 5 nitrogen and oxygen atoms in total. The second kappa shape index (κ2) is 6.32. The van der Waals surface area contributed by atoms with Gasteiger partial charge in [-0.25, -0.2) is 0 Å². The van der Waals surface area contributed by atoms with E-state index >= 15 is 0 Å². The first-order valence-electron chi connectivity index (χ1n) is 5.07. The van der Waals surface area contributed by atoms with Crippen LogP contribution in [0, 0.1) is 0 Å². The molecule has 5 heteroatoms. The highest BCUT2D eigenvalue weighted by Gasteiger charge is 2.22. The Kier molecular flexibility index (Phi) is 5.06. The molecule has 0 unspecified atom stereocenters. The van der Waals surface area contributed by atoms with E-state index in [0.29, 0.717) is 22.8 Å². The first kappa shape index (κ1) is 13.6. The minimum atomic E-state index is -0.550. The van der Waals surface area contributed by atoms with E-state index in [1.165, 1.54) is 0 Å². The van der Waals surface area contributed by atoms with E-state index in [9.17, 15) is 0 Å². The topological polar surface area (TPSA) is 46.2 Å². The molecule has 0 bridgehead atoms. The van der Waals surface area contributed by atoms with E-state index in [1.807, 2.05) is 0 Å². The zero-order valence-corrected chi connectivity index (χ0v) is 10.8. The second-order valence-electron chi connectivity index (χ2n) is 3.25. The van der Waals surface area contributed by atoms with Gasteiger partial charge in [-0.2, -0.15) is 0 Å². The summed E-state index contributed by atoms with van der Waals surface area (Å²) < 4.78 is 26.2. The van der Waals surface area contributed by atoms with E-state index in [0.717, 1.165) is 0 Å². The highest BCUT2D eigenvalue weighted by molar-refractivity contribution is 5.51. The molecular formula is C12H18O5. The molecule has 0 heterocycles. The standard InChI is InChI=1S/C12H18O5/c1-13-8-6-9(14-2)11(10(7-8)15-3)12(16-4)17-5/h6-7,12H,1-5H3. The summed E-state index contributed by atoms with van der Waals surface area (Å²) in [4.78, 5) is 0. The molecule has 0 saturated heterocycles. The van der Waals surface area contributed by atoms with Crippen LogP contribution in [0.1, 0.15) is 11.9 Å². The lowest BCUT2D eigenvalue weighted by molar-refractivity contribution is -0.107. The molecule has 0 spiro atoms. The first-order valence-corrected chi connectivity index (χ1v) is 5.07. The summed E-state index contributed by atoms with van der Waals surface area (Å²) in [5.74, 6) is 1.83. The smallest absolute Gasteiger partial charge is 0.190 e. The van der Waals surface area contributed by atoms with Gasteiger partial charge >= 0.3 is 0 Å². The van der Waals surface area contributed by atoms with Crippen LogP contribution in [0.2, 0.25) is 0 Å². The van der Waals surface area contributed by atoms with E-state index in [2.05, 4.69) is 0 Å². The minimum Gasteiger partial charge on any atom is -0.496 e. The molecule has 1 aromatic carbocycles. The number of methoxy groups -OCH3 is 5. The van der Waals surface area contributed by atoms with Crippen LogP contribution in [0.15, 0.2) is 12.1 Å². The molecule has 0 N–H and O–H groups in total. The van der Waals surface area contributed by atoms with Crippen LogP contribution in [-0.4, -0.2) is 35.5 Å². The van der Waals surface area contributed by atoms with E-state index in [1.54, 1.807) is 47.7 Å². The number of benzene rings is 1. The van der Waals surface area contributed by atoms with Gasteiger partial charge in [0.25, 0.3) is 0 Å². The van der Waals surface area contributed by atoms with Crippen molar-refractivity contribution >= 4 is 0 Å². The maximum atomic E-state index is 5.29. The van der Waals surface area contributed by atoms with Crippen LogP contribution in [0.5, 0.6) is 17.2 Å². The predicted molar refractivity (Wildman–Crippen MR) is 62.9 cm³/mol. The van der Waals surface area contributed by atoms with Crippen LogP contribution >= 0.6 is 0 Å². The van der Waals surface area contributed by atoms with Crippen molar-refractivity contribution in [2.24, 2.45) is 0 Å². The van der Waals surface area contributed by atoms with E-state index in [4.69, 9.17) is 23.7 Å². The molecule has 96 valence electrons. The van der Waals surface area contributed by atoms with Crippen LogP contribution in [-0.2, 0) is 9.47 Å². The molecule has 1 rings (SSSR count). The Bertz CT molecular complexity index is 335. The molecule has 0 aliphatic rings. The Morgan fingerprint density at radius 2 is 1.24 bits per heavy atom. The third-order valence-corrected chi connectivity index (χ3v) is 2.42. The van der Waals surface area contributed by atoms with Gasteiger partial charge in [0.2, 0.25) is 0 Å². The fourth-order valence-electron chi connectivity index (χ4n) is 1.60. The van der Waals surface area contributed by atoms with Gasteiger partial charge < -0.3 is 23.7 Å². The molecule has 0 aromatic heterocycles.